The first kappa shape index (κ1) is 13.1. The van der Waals surface area contributed by atoms with Crippen LogP contribution in [0.4, 0.5) is 5.69 Å². The van der Waals surface area contributed by atoms with Gasteiger partial charge in [0.05, 0.1) is 16.8 Å². The minimum Gasteiger partial charge on any atom is -0.478 e. The van der Waals surface area contributed by atoms with Crippen LogP contribution in [-0.4, -0.2) is 40.2 Å². The number of rotatable bonds is 3. The number of fused-ring (bicyclic) bond motifs is 1. The van der Waals surface area contributed by atoms with Crippen molar-refractivity contribution in [2.45, 2.75) is 0 Å². The van der Waals surface area contributed by atoms with E-state index < -0.39 is 5.97 Å². The highest BCUT2D eigenvalue weighted by atomic mass is 16.4. The van der Waals surface area contributed by atoms with Crippen LogP contribution in [0.15, 0.2) is 42.5 Å². The van der Waals surface area contributed by atoms with Crippen LogP contribution < -0.4 is 4.90 Å². The highest BCUT2D eigenvalue weighted by molar-refractivity contribution is 6.00. The van der Waals surface area contributed by atoms with Gasteiger partial charge in [0, 0.05) is 19.8 Å². The van der Waals surface area contributed by atoms with Gasteiger partial charge in [-0.05, 0) is 30.3 Å². The van der Waals surface area contributed by atoms with Gasteiger partial charge in [0.1, 0.15) is 5.52 Å². The van der Waals surface area contributed by atoms with Gasteiger partial charge in [-0.15, -0.1) is 5.10 Å². The Kier molecular flexibility index (Phi) is 3.06. The van der Waals surface area contributed by atoms with Crippen LogP contribution >= 0.6 is 0 Å². The van der Waals surface area contributed by atoms with E-state index in [-0.39, 0.29) is 5.56 Å². The molecule has 0 spiro atoms. The molecule has 0 radical (unpaired) electrons. The summed E-state index contributed by atoms with van der Waals surface area (Å²) in [5.41, 5.74) is 3.09. The highest BCUT2D eigenvalue weighted by Gasteiger charge is 2.14. The largest absolute Gasteiger partial charge is 0.478 e. The zero-order valence-electron chi connectivity index (χ0n) is 11.7. The Morgan fingerprint density at radius 3 is 2.67 bits per heavy atom. The molecule has 1 N–H and O–H groups in total. The number of anilines is 1. The molecule has 0 aliphatic rings. The molecule has 0 saturated carbocycles. The van der Waals surface area contributed by atoms with Crippen molar-refractivity contribution in [3.8, 4) is 5.69 Å². The molecule has 3 aromatic rings. The topological polar surface area (TPSA) is 71.2 Å². The molecule has 0 aliphatic carbocycles. The third-order valence-electron chi connectivity index (χ3n) is 3.30. The van der Waals surface area contributed by atoms with Gasteiger partial charge >= 0.3 is 5.97 Å². The van der Waals surface area contributed by atoms with Crippen molar-refractivity contribution in [2.24, 2.45) is 0 Å². The lowest BCUT2D eigenvalue weighted by Gasteiger charge is -2.13. The summed E-state index contributed by atoms with van der Waals surface area (Å²) in [6, 6.07) is 12.8. The van der Waals surface area contributed by atoms with E-state index >= 15 is 0 Å². The van der Waals surface area contributed by atoms with Crippen molar-refractivity contribution in [1.82, 2.24) is 15.0 Å². The lowest BCUT2D eigenvalue weighted by atomic mass is 10.2. The van der Waals surface area contributed by atoms with Gasteiger partial charge in [-0.3, -0.25) is 0 Å². The van der Waals surface area contributed by atoms with Crippen LogP contribution in [-0.2, 0) is 0 Å². The van der Waals surface area contributed by atoms with Crippen LogP contribution in [0.3, 0.4) is 0 Å². The van der Waals surface area contributed by atoms with Crippen LogP contribution in [0.2, 0.25) is 0 Å². The molecule has 6 heteroatoms. The summed E-state index contributed by atoms with van der Waals surface area (Å²) >= 11 is 0. The third kappa shape index (κ3) is 2.20. The van der Waals surface area contributed by atoms with E-state index in [0.717, 1.165) is 11.4 Å². The Hall–Kier alpha value is -2.89. The molecule has 0 saturated heterocycles. The van der Waals surface area contributed by atoms with E-state index in [2.05, 4.69) is 10.3 Å². The number of carboxylic acid groups (broad SMARTS) is 1. The van der Waals surface area contributed by atoms with Crippen molar-refractivity contribution >= 4 is 22.7 Å². The van der Waals surface area contributed by atoms with Gasteiger partial charge in [0.2, 0.25) is 0 Å². The predicted octanol–water partition coefficient (Wildman–Crippen LogP) is 2.18. The van der Waals surface area contributed by atoms with E-state index in [4.69, 9.17) is 0 Å². The standard InChI is InChI=1S/C15H14N4O2/c1-18(2)10-5-3-6-11(9-10)19-13-8-4-7-12(15(20)21)14(13)16-17-19/h3-9H,1-2H3,(H,20,21). The summed E-state index contributed by atoms with van der Waals surface area (Å²) in [6.07, 6.45) is 0. The first-order valence-corrected chi connectivity index (χ1v) is 6.43. The fourth-order valence-corrected chi connectivity index (χ4v) is 2.21. The molecule has 0 fully saturated rings. The number of nitrogens with zero attached hydrogens (tertiary/aromatic N) is 4. The second kappa shape index (κ2) is 4.90. The molecule has 0 bridgehead atoms. The average molecular weight is 282 g/mol. The van der Waals surface area contributed by atoms with E-state index in [1.807, 2.05) is 49.3 Å². The van der Waals surface area contributed by atoms with E-state index in [1.54, 1.807) is 10.7 Å². The first-order valence-electron chi connectivity index (χ1n) is 6.43. The number of hydrogen-bond acceptors (Lipinski definition) is 4. The number of carboxylic acids is 1. The van der Waals surface area contributed by atoms with E-state index in [1.165, 1.54) is 6.07 Å². The van der Waals surface area contributed by atoms with Gasteiger partial charge in [0.15, 0.2) is 0 Å². The van der Waals surface area contributed by atoms with Gasteiger partial charge in [-0.2, -0.15) is 0 Å². The molecule has 3 rings (SSSR count). The van der Waals surface area contributed by atoms with Crippen molar-refractivity contribution in [3.63, 3.8) is 0 Å². The van der Waals surface area contributed by atoms with Gasteiger partial charge in [0.25, 0.3) is 0 Å². The van der Waals surface area contributed by atoms with Gasteiger partial charge < -0.3 is 10.0 Å². The molecule has 0 aliphatic heterocycles. The van der Waals surface area contributed by atoms with Crippen molar-refractivity contribution in [2.75, 3.05) is 19.0 Å². The summed E-state index contributed by atoms with van der Waals surface area (Å²) in [6.45, 7) is 0. The molecule has 21 heavy (non-hydrogen) atoms. The maximum absolute atomic E-state index is 11.2. The molecular formula is C15H14N4O2. The van der Waals surface area contributed by atoms with Crippen LogP contribution in [0.1, 0.15) is 10.4 Å². The number of hydrogen-bond donors (Lipinski definition) is 1. The Morgan fingerprint density at radius 2 is 1.95 bits per heavy atom. The number of benzene rings is 2. The summed E-state index contributed by atoms with van der Waals surface area (Å²) in [5.74, 6) is -1.00. The van der Waals surface area contributed by atoms with E-state index in [9.17, 15) is 9.90 Å². The smallest absolute Gasteiger partial charge is 0.338 e. The fourth-order valence-electron chi connectivity index (χ4n) is 2.21. The third-order valence-corrected chi connectivity index (χ3v) is 3.30. The molecule has 1 heterocycles. The number of carbonyl (C=O) groups is 1. The minimum atomic E-state index is -1.00. The van der Waals surface area contributed by atoms with Gasteiger partial charge in [-0.1, -0.05) is 17.3 Å². The van der Waals surface area contributed by atoms with Crippen LogP contribution in [0.25, 0.3) is 16.7 Å². The van der Waals surface area contributed by atoms with Crippen molar-refractivity contribution in [3.05, 3.63) is 48.0 Å². The molecule has 6 nitrogen and oxygen atoms in total. The van der Waals surface area contributed by atoms with Gasteiger partial charge in [-0.25, -0.2) is 9.48 Å². The molecular weight excluding hydrogens is 268 g/mol. The minimum absolute atomic E-state index is 0.155. The Morgan fingerprint density at radius 1 is 1.19 bits per heavy atom. The normalized spacial score (nSPS) is 10.8. The molecule has 0 atom stereocenters. The second-order valence-corrected chi connectivity index (χ2v) is 4.89. The summed E-state index contributed by atoms with van der Waals surface area (Å²) in [4.78, 5) is 13.2. The fraction of sp³-hybridized carbons (Fsp3) is 0.133. The lowest BCUT2D eigenvalue weighted by molar-refractivity contribution is 0.0699. The highest BCUT2D eigenvalue weighted by Crippen LogP contribution is 2.22. The van der Waals surface area contributed by atoms with Crippen molar-refractivity contribution in [1.29, 1.82) is 0 Å². The summed E-state index contributed by atoms with van der Waals surface area (Å²) in [7, 11) is 3.92. The molecule has 0 amide bonds. The molecule has 2 aromatic carbocycles. The second-order valence-electron chi connectivity index (χ2n) is 4.89. The maximum Gasteiger partial charge on any atom is 0.338 e. The lowest BCUT2D eigenvalue weighted by Crippen LogP contribution is -2.09. The van der Waals surface area contributed by atoms with Crippen molar-refractivity contribution < 1.29 is 9.90 Å². The number of aromatic nitrogens is 3. The molecule has 0 unspecified atom stereocenters. The average Bonchev–Trinajstić information content (AvgIpc) is 2.91. The first-order chi connectivity index (χ1) is 10.1. The van der Waals surface area contributed by atoms with E-state index in [0.29, 0.717) is 11.0 Å². The predicted molar refractivity (Wildman–Crippen MR) is 80.2 cm³/mol. The van der Waals surface area contributed by atoms with Crippen LogP contribution in [0.5, 0.6) is 0 Å². The Balaban J connectivity index is 2.20. The summed E-state index contributed by atoms with van der Waals surface area (Å²) in [5, 5.41) is 17.3. The zero-order chi connectivity index (χ0) is 15.0. The monoisotopic (exact) mass is 282 g/mol. The maximum atomic E-state index is 11.2. The Labute approximate surface area is 121 Å². The molecule has 106 valence electrons. The Bertz CT molecular complexity index is 823. The quantitative estimate of drug-likeness (QED) is 0.797. The SMILES string of the molecule is CN(C)c1cccc(-n2nnc3c(C(=O)O)cccc32)c1. The molecule has 1 aromatic heterocycles. The summed E-state index contributed by atoms with van der Waals surface area (Å²) < 4.78 is 1.65. The zero-order valence-corrected chi connectivity index (χ0v) is 11.7. The number of aromatic carboxylic acids is 1. The van der Waals surface area contributed by atoms with Crippen LogP contribution in [0, 0.1) is 0 Å².